The highest BCUT2D eigenvalue weighted by atomic mass is 16.5. The fraction of sp³-hybridized carbons (Fsp3) is 0.480. The molecule has 0 amide bonds. The summed E-state index contributed by atoms with van der Waals surface area (Å²) in [4.78, 5) is 15.2. The Morgan fingerprint density at radius 3 is 2.35 bits per heavy atom. The quantitative estimate of drug-likeness (QED) is 0.527. The van der Waals surface area contributed by atoms with Gasteiger partial charge in [-0.3, -0.25) is 9.69 Å². The first kappa shape index (κ1) is 22.9. The number of benzene rings is 2. The average Bonchev–Trinajstić information content (AvgIpc) is 2.81. The maximum Gasteiger partial charge on any atom is 0.312 e. The molecule has 168 valence electrons. The number of rotatable bonds is 10. The van der Waals surface area contributed by atoms with E-state index in [2.05, 4.69) is 11.0 Å². The largest absolute Gasteiger partial charge is 0.494 e. The summed E-state index contributed by atoms with van der Waals surface area (Å²) < 4.78 is 22.1. The number of ether oxygens (including phenoxy) is 4. The highest BCUT2D eigenvalue weighted by Crippen LogP contribution is 2.37. The molecule has 0 unspecified atom stereocenters. The van der Waals surface area contributed by atoms with Crippen LogP contribution in [0.5, 0.6) is 17.2 Å². The number of hydrogen-bond donors (Lipinski definition) is 0. The van der Waals surface area contributed by atoms with Crippen molar-refractivity contribution in [2.75, 3.05) is 40.5 Å². The first-order valence-electron chi connectivity index (χ1n) is 10.9. The van der Waals surface area contributed by atoms with Crippen molar-refractivity contribution < 1.29 is 23.7 Å². The molecule has 1 aliphatic rings. The van der Waals surface area contributed by atoms with Gasteiger partial charge in [-0.1, -0.05) is 24.3 Å². The van der Waals surface area contributed by atoms with Gasteiger partial charge in [0, 0.05) is 6.54 Å². The lowest BCUT2D eigenvalue weighted by molar-refractivity contribution is -0.159. The summed E-state index contributed by atoms with van der Waals surface area (Å²) in [5, 5.41) is 0. The van der Waals surface area contributed by atoms with Crippen molar-refractivity contribution in [3.8, 4) is 17.2 Å². The molecular formula is C25H33NO5. The molecule has 0 saturated carbocycles. The zero-order chi connectivity index (χ0) is 22.1. The van der Waals surface area contributed by atoms with Crippen molar-refractivity contribution in [1.29, 1.82) is 0 Å². The summed E-state index contributed by atoms with van der Waals surface area (Å²) in [7, 11) is 3.28. The van der Waals surface area contributed by atoms with Crippen molar-refractivity contribution in [3.05, 3.63) is 54.1 Å². The molecule has 0 aliphatic carbocycles. The van der Waals surface area contributed by atoms with E-state index in [1.165, 1.54) is 0 Å². The Bertz CT molecular complexity index is 831. The van der Waals surface area contributed by atoms with Crippen LogP contribution in [0.4, 0.5) is 0 Å². The van der Waals surface area contributed by atoms with Crippen molar-refractivity contribution in [2.24, 2.45) is 5.41 Å². The molecule has 2 aromatic carbocycles. The molecular weight excluding hydrogens is 394 g/mol. The Hall–Kier alpha value is -2.73. The molecule has 0 bridgehead atoms. The summed E-state index contributed by atoms with van der Waals surface area (Å²) >= 11 is 0. The van der Waals surface area contributed by atoms with Crippen molar-refractivity contribution >= 4 is 5.97 Å². The second-order valence-corrected chi connectivity index (χ2v) is 7.88. The molecule has 0 radical (unpaired) electrons. The van der Waals surface area contributed by atoms with Gasteiger partial charge in [-0.2, -0.15) is 0 Å². The van der Waals surface area contributed by atoms with Crippen LogP contribution in [0, 0.1) is 5.41 Å². The van der Waals surface area contributed by atoms with Crippen LogP contribution in [-0.4, -0.2) is 51.4 Å². The van der Waals surface area contributed by atoms with Gasteiger partial charge in [0.2, 0.25) is 0 Å². The first-order valence-corrected chi connectivity index (χ1v) is 10.9. The fourth-order valence-electron chi connectivity index (χ4n) is 4.10. The summed E-state index contributed by atoms with van der Waals surface area (Å²) in [6, 6.07) is 15.7. The lowest BCUT2D eigenvalue weighted by atomic mass is 9.75. The van der Waals surface area contributed by atoms with E-state index in [9.17, 15) is 4.79 Å². The predicted molar refractivity (Wildman–Crippen MR) is 120 cm³/mol. The first-order chi connectivity index (χ1) is 15.1. The van der Waals surface area contributed by atoms with Crippen LogP contribution in [-0.2, 0) is 16.1 Å². The van der Waals surface area contributed by atoms with Crippen LogP contribution in [0.2, 0.25) is 0 Å². The number of methoxy groups -OCH3 is 2. The van der Waals surface area contributed by atoms with E-state index in [0.717, 1.165) is 55.3 Å². The Kier molecular flexibility index (Phi) is 8.18. The average molecular weight is 428 g/mol. The lowest BCUT2D eigenvalue weighted by Gasteiger charge is -2.40. The van der Waals surface area contributed by atoms with Gasteiger partial charge >= 0.3 is 5.97 Å². The van der Waals surface area contributed by atoms with Crippen LogP contribution in [0.25, 0.3) is 0 Å². The second-order valence-electron chi connectivity index (χ2n) is 7.88. The third-order valence-corrected chi connectivity index (χ3v) is 5.97. The third-order valence-electron chi connectivity index (χ3n) is 5.97. The summed E-state index contributed by atoms with van der Waals surface area (Å²) in [6.45, 7) is 5.23. The Balaban J connectivity index is 1.60. The fourth-order valence-corrected chi connectivity index (χ4v) is 4.10. The van der Waals surface area contributed by atoms with E-state index in [1.54, 1.807) is 14.2 Å². The Morgan fingerprint density at radius 1 is 1.00 bits per heavy atom. The van der Waals surface area contributed by atoms with E-state index in [1.807, 2.05) is 49.4 Å². The van der Waals surface area contributed by atoms with E-state index in [-0.39, 0.29) is 5.97 Å². The second kappa shape index (κ2) is 11.0. The number of para-hydroxylation sites is 1. The highest BCUT2D eigenvalue weighted by molar-refractivity contribution is 5.77. The maximum atomic E-state index is 12.9. The molecule has 3 rings (SSSR count). The van der Waals surface area contributed by atoms with Gasteiger partial charge in [0.25, 0.3) is 0 Å². The number of esters is 1. The van der Waals surface area contributed by atoms with Gasteiger partial charge in [0.1, 0.15) is 5.75 Å². The van der Waals surface area contributed by atoms with Gasteiger partial charge in [-0.15, -0.1) is 0 Å². The Labute approximate surface area is 185 Å². The molecule has 0 atom stereocenters. The zero-order valence-corrected chi connectivity index (χ0v) is 18.8. The monoisotopic (exact) mass is 427 g/mol. The third kappa shape index (κ3) is 5.91. The number of carbonyl (C=O) groups excluding carboxylic acids is 1. The normalized spacial score (nSPS) is 15.8. The lowest BCUT2D eigenvalue weighted by Crippen LogP contribution is -2.45. The van der Waals surface area contributed by atoms with E-state index in [4.69, 9.17) is 18.9 Å². The minimum Gasteiger partial charge on any atom is -0.494 e. The summed E-state index contributed by atoms with van der Waals surface area (Å²) in [5.41, 5.74) is 0.674. The standard InChI is InChI=1S/C25H33NO5/c1-4-30-24(27)25(14-17-31-21-8-6-5-7-9-21)12-15-26(16-13-25)19-20-10-11-22(28-2)23(18-20)29-3/h5-11,18H,4,12-17,19H2,1-3H3. The summed E-state index contributed by atoms with van der Waals surface area (Å²) in [5.74, 6) is 2.19. The summed E-state index contributed by atoms with van der Waals surface area (Å²) in [6.07, 6.45) is 2.18. The number of nitrogens with zero attached hydrogens (tertiary/aromatic N) is 1. The Morgan fingerprint density at radius 2 is 1.71 bits per heavy atom. The van der Waals surface area contributed by atoms with Gasteiger partial charge in [-0.05, 0) is 69.1 Å². The molecule has 0 N–H and O–H groups in total. The van der Waals surface area contributed by atoms with Crippen LogP contribution in [0.15, 0.2) is 48.5 Å². The topological polar surface area (TPSA) is 57.2 Å². The molecule has 1 saturated heterocycles. The van der Waals surface area contributed by atoms with Crippen molar-refractivity contribution in [1.82, 2.24) is 4.90 Å². The van der Waals surface area contributed by atoms with Crippen LogP contribution in [0.3, 0.4) is 0 Å². The van der Waals surface area contributed by atoms with E-state index >= 15 is 0 Å². The number of piperidine rings is 1. The maximum absolute atomic E-state index is 12.9. The smallest absolute Gasteiger partial charge is 0.312 e. The molecule has 1 fully saturated rings. The molecule has 0 aromatic heterocycles. The molecule has 1 heterocycles. The number of carbonyl (C=O) groups is 1. The molecule has 1 aliphatic heterocycles. The van der Waals surface area contributed by atoms with Crippen molar-refractivity contribution in [2.45, 2.75) is 32.7 Å². The van der Waals surface area contributed by atoms with Gasteiger partial charge in [0.05, 0.1) is 32.8 Å². The minimum atomic E-state index is -0.487. The van der Waals surface area contributed by atoms with E-state index in [0.29, 0.717) is 19.6 Å². The molecule has 6 nitrogen and oxygen atoms in total. The van der Waals surface area contributed by atoms with Crippen molar-refractivity contribution in [3.63, 3.8) is 0 Å². The minimum absolute atomic E-state index is 0.0996. The van der Waals surface area contributed by atoms with Crippen LogP contribution in [0.1, 0.15) is 31.7 Å². The number of hydrogen-bond acceptors (Lipinski definition) is 6. The molecule has 2 aromatic rings. The van der Waals surface area contributed by atoms with Crippen LogP contribution < -0.4 is 14.2 Å². The molecule has 0 spiro atoms. The van der Waals surface area contributed by atoms with Gasteiger partial charge in [-0.25, -0.2) is 0 Å². The van der Waals surface area contributed by atoms with Gasteiger partial charge < -0.3 is 18.9 Å². The SMILES string of the molecule is CCOC(=O)C1(CCOc2ccccc2)CCN(Cc2ccc(OC)c(OC)c2)CC1. The molecule has 6 heteroatoms. The van der Waals surface area contributed by atoms with Crippen LogP contribution >= 0.6 is 0 Å². The zero-order valence-electron chi connectivity index (χ0n) is 18.8. The van der Waals surface area contributed by atoms with Gasteiger partial charge in [0.15, 0.2) is 11.5 Å². The highest BCUT2D eigenvalue weighted by Gasteiger charge is 2.42. The molecule has 31 heavy (non-hydrogen) atoms. The van der Waals surface area contributed by atoms with E-state index < -0.39 is 5.41 Å². The predicted octanol–water partition coefficient (Wildman–Crippen LogP) is 4.32. The number of likely N-dealkylation sites (tertiary alicyclic amines) is 1.